The van der Waals surface area contributed by atoms with E-state index in [1.165, 1.54) is 11.8 Å². The molecule has 0 aliphatic heterocycles. The summed E-state index contributed by atoms with van der Waals surface area (Å²) in [6, 6.07) is 20.1. The summed E-state index contributed by atoms with van der Waals surface area (Å²) in [4.78, 5) is 19.7. The highest BCUT2D eigenvalue weighted by atomic mass is 32.2. The van der Waals surface area contributed by atoms with Crippen LogP contribution in [0.1, 0.15) is 24.7 Å². The lowest BCUT2D eigenvalue weighted by atomic mass is 10.1. The van der Waals surface area contributed by atoms with Crippen molar-refractivity contribution in [3.8, 4) is 11.3 Å². The summed E-state index contributed by atoms with van der Waals surface area (Å²) in [6.45, 7) is 5.44. The highest BCUT2D eigenvalue weighted by molar-refractivity contribution is 8.00. The zero-order chi connectivity index (χ0) is 19.2. The van der Waals surface area contributed by atoms with E-state index in [-0.39, 0.29) is 11.2 Å². The van der Waals surface area contributed by atoms with E-state index in [9.17, 15) is 4.79 Å². The lowest BCUT2D eigenvalue weighted by molar-refractivity contribution is -0.130. The minimum absolute atomic E-state index is 0.125. The van der Waals surface area contributed by atoms with Gasteiger partial charge in [0.15, 0.2) is 5.16 Å². The predicted octanol–water partition coefficient (Wildman–Crippen LogP) is 4.79. The monoisotopic (exact) mass is 379 g/mol. The molecule has 1 aromatic heterocycles. The maximum atomic E-state index is 13.2. The van der Waals surface area contributed by atoms with Gasteiger partial charge in [-0.05, 0) is 25.0 Å². The van der Waals surface area contributed by atoms with E-state index < -0.39 is 0 Å². The minimum Gasteiger partial charge on any atom is -0.342 e. The normalized spacial score (nSPS) is 12.0. The summed E-state index contributed by atoms with van der Waals surface area (Å²) in [5.74, 6) is 0.125. The summed E-state index contributed by atoms with van der Waals surface area (Å²) in [6.07, 6.45) is 1.88. The molecule has 27 heavy (non-hydrogen) atoms. The predicted molar refractivity (Wildman–Crippen MR) is 112 cm³/mol. The molecule has 1 amide bonds. The van der Waals surface area contributed by atoms with Crippen LogP contribution < -0.4 is 0 Å². The Bertz CT molecular complexity index is 873. The number of thioether (sulfide) groups is 1. The van der Waals surface area contributed by atoms with Crippen molar-refractivity contribution in [2.45, 2.75) is 24.3 Å². The van der Waals surface area contributed by atoms with Crippen LogP contribution in [0.3, 0.4) is 0 Å². The van der Waals surface area contributed by atoms with E-state index in [0.717, 1.165) is 22.0 Å². The molecule has 0 saturated heterocycles. The zero-order valence-corrected chi connectivity index (χ0v) is 16.8. The van der Waals surface area contributed by atoms with Gasteiger partial charge < -0.3 is 9.47 Å². The summed E-state index contributed by atoms with van der Waals surface area (Å²) in [5.41, 5.74) is 3.16. The third-order valence-corrected chi connectivity index (χ3v) is 5.94. The highest BCUT2D eigenvalue weighted by Gasteiger charge is 2.27. The van der Waals surface area contributed by atoms with Crippen LogP contribution >= 0.6 is 11.8 Å². The Morgan fingerprint density at radius 2 is 1.63 bits per heavy atom. The van der Waals surface area contributed by atoms with Crippen LogP contribution in [-0.4, -0.2) is 33.4 Å². The molecular formula is C22H25N3OS. The molecule has 0 radical (unpaired) electrons. The Labute approximate surface area is 165 Å². The Balaban J connectivity index is 1.93. The van der Waals surface area contributed by atoms with E-state index in [1.54, 1.807) is 0 Å². The topological polar surface area (TPSA) is 38.1 Å². The number of hydrogen-bond donors (Lipinski definition) is 0. The molecule has 1 heterocycles. The lowest BCUT2D eigenvalue weighted by Gasteiger charge is -2.25. The van der Waals surface area contributed by atoms with Crippen LogP contribution in [0.25, 0.3) is 11.3 Å². The van der Waals surface area contributed by atoms with Gasteiger partial charge >= 0.3 is 0 Å². The van der Waals surface area contributed by atoms with Crippen LogP contribution in [-0.2, 0) is 11.8 Å². The molecule has 140 valence electrons. The van der Waals surface area contributed by atoms with Gasteiger partial charge in [-0.25, -0.2) is 4.98 Å². The third kappa shape index (κ3) is 4.25. The first-order valence-electron chi connectivity index (χ1n) is 9.23. The molecule has 0 bridgehead atoms. The third-order valence-electron chi connectivity index (χ3n) is 4.64. The van der Waals surface area contributed by atoms with Crippen molar-refractivity contribution in [2.24, 2.45) is 7.05 Å². The van der Waals surface area contributed by atoms with Gasteiger partial charge in [0.1, 0.15) is 5.25 Å². The van der Waals surface area contributed by atoms with Crippen molar-refractivity contribution in [1.29, 1.82) is 0 Å². The quantitative estimate of drug-likeness (QED) is 0.554. The SMILES string of the molecule is CCN(CC)C(=O)C(Sc1ncc(-c2ccccc2)n1C)c1ccccc1. The lowest BCUT2D eigenvalue weighted by Crippen LogP contribution is -2.34. The fourth-order valence-corrected chi connectivity index (χ4v) is 4.20. The summed E-state index contributed by atoms with van der Waals surface area (Å²) in [7, 11) is 2.00. The summed E-state index contributed by atoms with van der Waals surface area (Å²) >= 11 is 1.51. The maximum Gasteiger partial charge on any atom is 0.240 e. The molecule has 3 rings (SSSR count). The first-order valence-corrected chi connectivity index (χ1v) is 10.1. The number of carbonyl (C=O) groups excluding carboxylic acids is 1. The van der Waals surface area contributed by atoms with Gasteiger partial charge in [-0.1, -0.05) is 72.4 Å². The molecule has 1 unspecified atom stereocenters. The second kappa shape index (κ2) is 8.91. The first kappa shape index (κ1) is 19.2. The Hall–Kier alpha value is -2.53. The van der Waals surface area contributed by atoms with Crippen LogP contribution in [0, 0.1) is 0 Å². The zero-order valence-electron chi connectivity index (χ0n) is 16.0. The van der Waals surface area contributed by atoms with E-state index >= 15 is 0 Å². The standard InChI is InChI=1S/C22H25N3OS/c1-4-25(5-2)21(26)20(18-14-10-7-11-15-18)27-22-23-16-19(24(22)3)17-12-8-6-9-13-17/h6-16,20H,4-5H2,1-3H3. The Morgan fingerprint density at radius 1 is 1.04 bits per heavy atom. The van der Waals surface area contributed by atoms with Crippen molar-refractivity contribution < 1.29 is 4.79 Å². The van der Waals surface area contributed by atoms with Gasteiger partial charge in [0.05, 0.1) is 11.9 Å². The number of rotatable bonds is 7. The molecule has 0 aliphatic carbocycles. The number of nitrogens with zero attached hydrogens (tertiary/aromatic N) is 3. The van der Waals surface area contributed by atoms with Crippen LogP contribution in [0.15, 0.2) is 72.0 Å². The van der Waals surface area contributed by atoms with E-state index in [1.807, 2.05) is 80.5 Å². The van der Waals surface area contributed by atoms with Gasteiger partial charge in [-0.3, -0.25) is 4.79 Å². The largest absolute Gasteiger partial charge is 0.342 e. The molecule has 5 heteroatoms. The van der Waals surface area contributed by atoms with Crippen molar-refractivity contribution >= 4 is 17.7 Å². The molecule has 0 aliphatic rings. The van der Waals surface area contributed by atoms with Gasteiger partial charge in [-0.15, -0.1) is 0 Å². The second-order valence-corrected chi connectivity index (χ2v) is 7.34. The van der Waals surface area contributed by atoms with E-state index in [2.05, 4.69) is 21.7 Å². The second-order valence-electron chi connectivity index (χ2n) is 6.27. The van der Waals surface area contributed by atoms with Crippen LogP contribution in [0.2, 0.25) is 0 Å². The number of carbonyl (C=O) groups is 1. The van der Waals surface area contributed by atoms with Crippen molar-refractivity contribution in [3.63, 3.8) is 0 Å². The van der Waals surface area contributed by atoms with Gasteiger partial charge in [0, 0.05) is 20.1 Å². The smallest absolute Gasteiger partial charge is 0.240 e. The molecule has 2 aromatic carbocycles. The number of imidazole rings is 1. The molecule has 3 aromatic rings. The molecule has 0 saturated carbocycles. The minimum atomic E-state index is -0.309. The summed E-state index contributed by atoms with van der Waals surface area (Å²) in [5, 5.41) is 0.527. The van der Waals surface area contributed by atoms with Crippen molar-refractivity contribution in [2.75, 3.05) is 13.1 Å². The number of benzene rings is 2. The molecular weight excluding hydrogens is 354 g/mol. The molecule has 1 atom stereocenters. The maximum absolute atomic E-state index is 13.2. The number of hydrogen-bond acceptors (Lipinski definition) is 3. The molecule has 0 spiro atoms. The fourth-order valence-electron chi connectivity index (χ4n) is 3.07. The van der Waals surface area contributed by atoms with E-state index in [4.69, 9.17) is 0 Å². The van der Waals surface area contributed by atoms with Gasteiger partial charge in [-0.2, -0.15) is 0 Å². The Morgan fingerprint density at radius 3 is 2.22 bits per heavy atom. The van der Waals surface area contributed by atoms with Crippen molar-refractivity contribution in [1.82, 2.24) is 14.5 Å². The number of amides is 1. The Kier molecular flexibility index (Phi) is 6.35. The number of likely N-dealkylation sites (N-methyl/N-ethyl adjacent to an activating group) is 1. The summed E-state index contributed by atoms with van der Waals surface area (Å²) < 4.78 is 2.06. The van der Waals surface area contributed by atoms with Crippen LogP contribution in [0.5, 0.6) is 0 Å². The first-order chi connectivity index (χ1) is 13.2. The van der Waals surface area contributed by atoms with Gasteiger partial charge in [0.2, 0.25) is 5.91 Å². The number of aromatic nitrogens is 2. The molecule has 0 N–H and O–H groups in total. The molecule has 4 nitrogen and oxygen atoms in total. The fraction of sp³-hybridized carbons (Fsp3) is 0.273. The molecule has 0 fully saturated rings. The average molecular weight is 380 g/mol. The average Bonchev–Trinajstić information content (AvgIpc) is 3.08. The van der Waals surface area contributed by atoms with Gasteiger partial charge in [0.25, 0.3) is 0 Å². The van der Waals surface area contributed by atoms with Crippen LogP contribution in [0.4, 0.5) is 0 Å². The van der Waals surface area contributed by atoms with Crippen molar-refractivity contribution in [3.05, 3.63) is 72.4 Å². The highest BCUT2D eigenvalue weighted by Crippen LogP contribution is 2.37. The van der Waals surface area contributed by atoms with E-state index in [0.29, 0.717) is 13.1 Å².